The van der Waals surface area contributed by atoms with Gasteiger partial charge in [0.25, 0.3) is 0 Å². The van der Waals surface area contributed by atoms with Crippen molar-refractivity contribution in [2.75, 3.05) is 19.6 Å². The summed E-state index contributed by atoms with van der Waals surface area (Å²) in [7, 11) is -7.78. The van der Waals surface area contributed by atoms with Gasteiger partial charge in [-0.3, -0.25) is 0 Å². The van der Waals surface area contributed by atoms with Crippen LogP contribution in [-0.2, 0) is 20.0 Å². The van der Waals surface area contributed by atoms with E-state index >= 15 is 0 Å². The summed E-state index contributed by atoms with van der Waals surface area (Å²) in [6.45, 7) is 0. The molecular formula is C23H22ClN2O7S2+. The molecule has 1 heterocycles. The van der Waals surface area contributed by atoms with Gasteiger partial charge in [0.05, 0.1) is 25.2 Å². The number of methoxy groups -OCH3 is 1. The molecule has 0 saturated heterocycles. The Morgan fingerprint density at radius 2 is 1.66 bits per heavy atom. The number of quaternary nitrogens is 1. The third-order valence-electron chi connectivity index (χ3n) is 5.76. The monoisotopic (exact) mass is 537 g/mol. The first kappa shape index (κ1) is 25.0. The molecule has 0 radical (unpaired) electrons. The summed E-state index contributed by atoms with van der Waals surface area (Å²) in [6.07, 6.45) is 0.473. The van der Waals surface area contributed by atoms with Crippen LogP contribution in [0.2, 0.25) is 5.02 Å². The van der Waals surface area contributed by atoms with Crippen LogP contribution in [0.15, 0.2) is 60.7 Å². The third-order valence-corrected chi connectivity index (χ3v) is 10.3. The number of fused-ring (bicyclic) bond motifs is 3. The summed E-state index contributed by atoms with van der Waals surface area (Å²) in [5.41, 5.74) is 7.29. The molecule has 3 aromatic rings. The molecule has 35 heavy (non-hydrogen) atoms. The van der Waals surface area contributed by atoms with Crippen molar-refractivity contribution in [1.82, 2.24) is 3.29 Å². The van der Waals surface area contributed by atoms with Crippen LogP contribution in [0.5, 0.6) is 11.5 Å². The Balaban J connectivity index is 2.11. The van der Waals surface area contributed by atoms with Gasteiger partial charge in [-0.05, 0) is 44.8 Å². The molecule has 2 N–H and O–H groups in total. The van der Waals surface area contributed by atoms with Crippen molar-refractivity contribution in [3.63, 3.8) is 0 Å². The summed E-state index contributed by atoms with van der Waals surface area (Å²) < 4.78 is 61.0. The quantitative estimate of drug-likeness (QED) is 0.490. The maximum absolute atomic E-state index is 12.8. The molecule has 1 aliphatic heterocycles. The predicted octanol–water partition coefficient (Wildman–Crippen LogP) is 3.80. The van der Waals surface area contributed by atoms with Gasteiger partial charge in [-0.1, -0.05) is 29.8 Å². The molecule has 0 bridgehead atoms. The zero-order valence-electron chi connectivity index (χ0n) is 18.9. The number of nitrogens with zero attached hydrogens (tertiary/aromatic N) is 1. The molecular weight excluding hydrogens is 516 g/mol. The molecule has 3 aromatic carbocycles. The van der Waals surface area contributed by atoms with E-state index in [9.17, 15) is 21.6 Å². The van der Waals surface area contributed by atoms with E-state index < -0.39 is 35.5 Å². The normalized spacial score (nSPS) is 15.5. The van der Waals surface area contributed by atoms with Gasteiger partial charge in [-0.25, -0.2) is 4.79 Å². The number of sulfonamides is 2. The maximum atomic E-state index is 12.8. The van der Waals surface area contributed by atoms with Crippen molar-refractivity contribution < 1.29 is 31.1 Å². The molecule has 0 aliphatic carbocycles. The van der Waals surface area contributed by atoms with Crippen LogP contribution >= 0.6 is 11.6 Å². The third kappa shape index (κ3) is 3.84. The summed E-state index contributed by atoms with van der Waals surface area (Å²) in [5.74, 6) is 0.986. The molecule has 0 aromatic heterocycles. The van der Waals surface area contributed by atoms with Gasteiger partial charge in [0.15, 0.2) is 5.69 Å². The van der Waals surface area contributed by atoms with Crippen molar-refractivity contribution in [3.8, 4) is 22.6 Å². The molecule has 2 amide bonds. The second-order valence-corrected chi connectivity index (χ2v) is 12.7. The average Bonchev–Trinajstić information content (AvgIpc) is 2.76. The number of carbonyl (C=O) groups is 1. The van der Waals surface area contributed by atoms with E-state index in [0.29, 0.717) is 51.3 Å². The van der Waals surface area contributed by atoms with Gasteiger partial charge < -0.3 is 15.2 Å². The minimum absolute atomic E-state index is 0.366. The Morgan fingerprint density at radius 3 is 2.23 bits per heavy atom. The molecule has 0 spiro atoms. The van der Waals surface area contributed by atoms with Crippen LogP contribution in [-0.4, -0.2) is 42.5 Å². The molecule has 9 nitrogen and oxygen atoms in total. The molecule has 1 unspecified atom stereocenters. The molecule has 184 valence electrons. The Labute approximate surface area is 208 Å². The lowest BCUT2D eigenvalue weighted by Crippen LogP contribution is -2.63. The first-order chi connectivity index (χ1) is 16.3. The Bertz CT molecular complexity index is 1540. The molecule has 12 heteroatoms. The summed E-state index contributed by atoms with van der Waals surface area (Å²) in [4.78, 5) is 12.5. The second kappa shape index (κ2) is 8.52. The zero-order valence-corrected chi connectivity index (χ0v) is 21.3. The highest BCUT2D eigenvalue weighted by Gasteiger charge is 2.57. The smallest absolute Gasteiger partial charge is 0.450 e. The highest BCUT2D eigenvalue weighted by atomic mass is 35.5. The van der Waals surface area contributed by atoms with Crippen LogP contribution in [0.4, 0.5) is 10.5 Å². The maximum Gasteiger partial charge on any atom is 0.450 e. The largest absolute Gasteiger partial charge is 0.496 e. The fourth-order valence-corrected chi connectivity index (χ4v) is 8.23. The van der Waals surface area contributed by atoms with Gasteiger partial charge in [0.1, 0.15) is 17.6 Å². The number of rotatable bonds is 5. The van der Waals surface area contributed by atoms with Crippen LogP contribution in [0.1, 0.15) is 17.2 Å². The second-order valence-electron chi connectivity index (χ2n) is 8.01. The van der Waals surface area contributed by atoms with Gasteiger partial charge in [-0.15, -0.1) is 0 Å². The van der Waals surface area contributed by atoms with E-state index in [4.69, 9.17) is 26.8 Å². The van der Waals surface area contributed by atoms with E-state index in [-0.39, 0.29) is 5.69 Å². The number of halogens is 1. The number of nitrogens with two attached hydrogens (primary N) is 1. The molecule has 1 aliphatic rings. The number of primary amides is 1. The Morgan fingerprint density at radius 1 is 1.00 bits per heavy atom. The fourth-order valence-electron chi connectivity index (χ4n) is 4.41. The molecule has 0 fully saturated rings. The number of hydrogen-bond acceptors (Lipinski definition) is 7. The number of benzene rings is 3. The van der Waals surface area contributed by atoms with E-state index in [1.165, 1.54) is 25.3 Å². The first-order valence-electron chi connectivity index (χ1n) is 10.2. The van der Waals surface area contributed by atoms with Crippen molar-refractivity contribution in [2.45, 2.75) is 6.10 Å². The van der Waals surface area contributed by atoms with Gasteiger partial charge in [0, 0.05) is 22.7 Å². The van der Waals surface area contributed by atoms with Crippen LogP contribution < -0.4 is 18.5 Å². The first-order valence-corrected chi connectivity index (χ1v) is 14.2. The van der Waals surface area contributed by atoms with Crippen molar-refractivity contribution in [2.24, 2.45) is 5.73 Å². The SMILES string of the molecule is COc1cccc2c1-c1ccc([N+](C(N)=O)(S(C)(=O)=O)S(C)(=O)=O)cc1C(c1cccc(Cl)c1)O2. The number of urea groups is 1. The van der Waals surface area contributed by atoms with E-state index in [2.05, 4.69) is 0 Å². The number of carbonyl (C=O) groups excluding carboxylic acids is 1. The van der Waals surface area contributed by atoms with E-state index in [1.807, 2.05) is 0 Å². The number of hydrogen-bond donors (Lipinski definition) is 1. The standard InChI is InChI=1S/C23H21ClN2O7S2/c1-32-19-8-5-9-20-21(19)17-11-10-16(26(23(25)27,34(2,28)29)35(3,30)31)13-18(17)22(33-20)14-6-4-7-15(24)12-14/h4-13,22H,1-3H3,(H-,25,27)/p+1. The minimum atomic E-state index is -4.64. The molecule has 4 rings (SSSR count). The highest BCUT2D eigenvalue weighted by molar-refractivity contribution is 8.07. The van der Waals surface area contributed by atoms with Crippen molar-refractivity contribution in [3.05, 3.63) is 76.8 Å². The Hall–Kier alpha value is -3.12. The lowest BCUT2D eigenvalue weighted by Gasteiger charge is -2.32. The van der Waals surface area contributed by atoms with Gasteiger partial charge >= 0.3 is 26.1 Å². The van der Waals surface area contributed by atoms with Gasteiger partial charge in [0.2, 0.25) is 0 Å². The number of amides is 2. The highest BCUT2D eigenvalue weighted by Crippen LogP contribution is 2.50. The number of ether oxygens (including phenoxy) is 2. The lowest BCUT2D eigenvalue weighted by molar-refractivity contribution is 0.240. The summed E-state index contributed by atoms with van der Waals surface area (Å²) in [6, 6.07) is 14.6. The van der Waals surface area contributed by atoms with Crippen molar-refractivity contribution in [1.29, 1.82) is 0 Å². The minimum Gasteiger partial charge on any atom is -0.496 e. The average molecular weight is 538 g/mol. The zero-order chi connectivity index (χ0) is 25.8. The lowest BCUT2D eigenvalue weighted by atomic mass is 9.88. The Kier molecular flexibility index (Phi) is 6.08. The topological polar surface area (TPSA) is 130 Å². The van der Waals surface area contributed by atoms with Crippen LogP contribution in [0.3, 0.4) is 0 Å². The van der Waals surface area contributed by atoms with Crippen LogP contribution in [0.25, 0.3) is 11.1 Å². The fraction of sp³-hybridized carbons (Fsp3) is 0.174. The van der Waals surface area contributed by atoms with E-state index in [0.717, 1.165) is 0 Å². The van der Waals surface area contributed by atoms with Gasteiger partial charge in [-0.2, -0.15) is 16.8 Å². The van der Waals surface area contributed by atoms with E-state index in [1.54, 1.807) is 42.5 Å². The molecule has 1 atom stereocenters. The predicted molar refractivity (Wildman–Crippen MR) is 133 cm³/mol. The summed E-state index contributed by atoms with van der Waals surface area (Å²) >= 11 is 6.21. The van der Waals surface area contributed by atoms with Crippen LogP contribution in [0, 0.1) is 0 Å². The summed E-state index contributed by atoms with van der Waals surface area (Å²) in [5, 5.41) is 0.440. The molecule has 0 saturated carbocycles. The van der Waals surface area contributed by atoms with Crippen molar-refractivity contribution >= 4 is 43.4 Å².